The van der Waals surface area contributed by atoms with Crippen molar-refractivity contribution in [2.75, 3.05) is 30.1 Å². The number of amides is 1. The number of hydrogen-bond donors (Lipinski definition) is 0. The fourth-order valence-corrected chi connectivity index (χ4v) is 6.07. The monoisotopic (exact) mass is 490 g/mol. The molecule has 0 aliphatic carbocycles. The molecule has 0 radical (unpaired) electrons. The number of ether oxygens (including phenoxy) is 1. The quantitative estimate of drug-likeness (QED) is 0.431. The van der Waals surface area contributed by atoms with E-state index in [1.807, 2.05) is 24.3 Å². The normalized spacial score (nSPS) is 16.5. The molecule has 1 aliphatic heterocycles. The van der Waals surface area contributed by atoms with Gasteiger partial charge in [-0.25, -0.2) is 13.4 Å². The first-order chi connectivity index (χ1) is 15.3. The Morgan fingerprint density at radius 3 is 2.69 bits per heavy atom. The van der Waals surface area contributed by atoms with Gasteiger partial charge < -0.3 is 4.74 Å². The number of benzene rings is 2. The second-order valence-corrected chi connectivity index (χ2v) is 12.2. The van der Waals surface area contributed by atoms with Crippen molar-refractivity contribution < 1.29 is 17.9 Å². The van der Waals surface area contributed by atoms with E-state index >= 15 is 0 Å². The molecule has 9 heteroatoms. The Balaban J connectivity index is 1.61. The van der Waals surface area contributed by atoms with Gasteiger partial charge in [0, 0.05) is 17.8 Å². The number of thiazole rings is 1. The molecule has 1 aromatic heterocycles. The van der Waals surface area contributed by atoms with Crippen LogP contribution in [0.4, 0.5) is 5.13 Å². The van der Waals surface area contributed by atoms with Crippen LogP contribution in [0.3, 0.4) is 0 Å². The topological polar surface area (TPSA) is 76.6 Å². The molecule has 0 spiro atoms. The Morgan fingerprint density at radius 2 is 2.03 bits per heavy atom. The summed E-state index contributed by atoms with van der Waals surface area (Å²) >= 11 is 3.11. The van der Waals surface area contributed by atoms with Crippen LogP contribution in [0.15, 0.2) is 52.3 Å². The number of aromatic nitrogens is 1. The molecule has 6 nitrogen and oxygen atoms in total. The Kier molecular flexibility index (Phi) is 7.19. The summed E-state index contributed by atoms with van der Waals surface area (Å²) in [5.74, 6) is 0.963. The zero-order valence-corrected chi connectivity index (χ0v) is 20.6. The largest absolute Gasteiger partial charge is 0.376 e. The van der Waals surface area contributed by atoms with E-state index in [9.17, 15) is 13.2 Å². The van der Waals surface area contributed by atoms with Crippen LogP contribution in [0.25, 0.3) is 10.2 Å². The summed E-state index contributed by atoms with van der Waals surface area (Å²) in [6.07, 6.45) is 3.35. The van der Waals surface area contributed by atoms with Crippen molar-refractivity contribution >= 4 is 54.2 Å². The highest BCUT2D eigenvalue weighted by Gasteiger charge is 2.26. The van der Waals surface area contributed by atoms with Gasteiger partial charge in [0.15, 0.2) is 15.0 Å². The SMILES string of the molecule is CCSc1ccc(CC(=O)N(CC2CCCO2)c2nc3ccc(S(C)(=O)=O)cc3s2)cc1. The van der Waals surface area contributed by atoms with E-state index in [2.05, 4.69) is 11.9 Å². The van der Waals surface area contributed by atoms with Crippen molar-refractivity contribution in [1.29, 1.82) is 0 Å². The highest BCUT2D eigenvalue weighted by molar-refractivity contribution is 7.99. The molecular weight excluding hydrogens is 464 g/mol. The summed E-state index contributed by atoms with van der Waals surface area (Å²) in [6.45, 7) is 3.27. The van der Waals surface area contributed by atoms with Gasteiger partial charge in [0.2, 0.25) is 5.91 Å². The van der Waals surface area contributed by atoms with E-state index in [1.54, 1.807) is 34.9 Å². The van der Waals surface area contributed by atoms with Crippen LogP contribution in [0.1, 0.15) is 25.3 Å². The van der Waals surface area contributed by atoms with Gasteiger partial charge in [-0.15, -0.1) is 11.8 Å². The first-order valence-corrected chi connectivity index (χ1v) is 14.3. The highest BCUT2D eigenvalue weighted by Crippen LogP contribution is 2.32. The van der Waals surface area contributed by atoms with Crippen molar-refractivity contribution in [3.05, 3.63) is 48.0 Å². The summed E-state index contributed by atoms with van der Waals surface area (Å²) in [6, 6.07) is 13.0. The first kappa shape index (κ1) is 23.2. The average Bonchev–Trinajstić information content (AvgIpc) is 3.41. The van der Waals surface area contributed by atoms with Crippen molar-refractivity contribution in [1.82, 2.24) is 4.98 Å². The van der Waals surface area contributed by atoms with Gasteiger partial charge in [-0.05, 0) is 54.5 Å². The molecule has 1 aliphatic rings. The molecule has 0 bridgehead atoms. The molecule has 4 rings (SSSR count). The summed E-state index contributed by atoms with van der Waals surface area (Å²) in [7, 11) is -3.31. The summed E-state index contributed by atoms with van der Waals surface area (Å²) in [5, 5.41) is 0.573. The van der Waals surface area contributed by atoms with Crippen LogP contribution < -0.4 is 4.90 Å². The Bertz CT molecular complexity index is 1200. The molecule has 170 valence electrons. The number of sulfone groups is 1. The number of nitrogens with zero attached hydrogens (tertiary/aromatic N) is 2. The maximum Gasteiger partial charge on any atom is 0.233 e. The molecule has 32 heavy (non-hydrogen) atoms. The van der Waals surface area contributed by atoms with Crippen molar-refractivity contribution in [3.63, 3.8) is 0 Å². The van der Waals surface area contributed by atoms with E-state index in [4.69, 9.17) is 4.74 Å². The summed E-state index contributed by atoms with van der Waals surface area (Å²) in [5.41, 5.74) is 1.64. The summed E-state index contributed by atoms with van der Waals surface area (Å²) < 4.78 is 30.4. The molecule has 1 saturated heterocycles. The number of carbonyl (C=O) groups is 1. The fourth-order valence-electron chi connectivity index (χ4n) is 3.66. The second kappa shape index (κ2) is 9.91. The first-order valence-electron chi connectivity index (χ1n) is 10.6. The lowest BCUT2D eigenvalue weighted by Crippen LogP contribution is -2.38. The van der Waals surface area contributed by atoms with Gasteiger partial charge >= 0.3 is 0 Å². The number of hydrogen-bond acceptors (Lipinski definition) is 7. The van der Waals surface area contributed by atoms with Crippen molar-refractivity contribution in [2.24, 2.45) is 0 Å². The molecule has 1 unspecified atom stereocenters. The van der Waals surface area contributed by atoms with Crippen LogP contribution in [0.5, 0.6) is 0 Å². The van der Waals surface area contributed by atoms with Gasteiger partial charge in [0.1, 0.15) is 0 Å². The lowest BCUT2D eigenvalue weighted by atomic mass is 10.1. The van der Waals surface area contributed by atoms with E-state index in [0.717, 1.165) is 28.9 Å². The van der Waals surface area contributed by atoms with Gasteiger partial charge in [-0.2, -0.15) is 0 Å². The zero-order valence-electron chi connectivity index (χ0n) is 18.1. The van der Waals surface area contributed by atoms with Crippen molar-refractivity contribution in [2.45, 2.75) is 42.1 Å². The van der Waals surface area contributed by atoms with E-state index < -0.39 is 9.84 Å². The number of anilines is 1. The maximum atomic E-state index is 13.4. The Hall–Kier alpha value is -1.94. The number of rotatable bonds is 8. The lowest BCUT2D eigenvalue weighted by Gasteiger charge is -2.23. The molecular formula is C23H26N2O4S3. The Labute approximate surface area is 196 Å². The molecule has 2 aromatic carbocycles. The van der Waals surface area contributed by atoms with E-state index in [1.165, 1.54) is 22.5 Å². The standard InChI is InChI=1S/C23H26N2O4S3/c1-3-30-18-8-6-16(7-9-18)13-22(26)25(15-17-5-4-12-29-17)23-24-20-11-10-19(32(2,27)28)14-21(20)31-23/h6-11,14,17H,3-5,12-13,15H2,1-2H3. The average molecular weight is 491 g/mol. The predicted octanol–water partition coefficient (Wildman–Crippen LogP) is 4.57. The molecule has 1 amide bonds. The van der Waals surface area contributed by atoms with Crippen molar-refractivity contribution in [3.8, 4) is 0 Å². The molecule has 2 heterocycles. The lowest BCUT2D eigenvalue weighted by molar-refractivity contribution is -0.118. The zero-order chi connectivity index (χ0) is 22.7. The minimum atomic E-state index is -3.31. The summed E-state index contributed by atoms with van der Waals surface area (Å²) in [4.78, 5) is 21.1. The van der Waals surface area contributed by atoms with E-state index in [0.29, 0.717) is 23.8 Å². The Morgan fingerprint density at radius 1 is 1.25 bits per heavy atom. The van der Waals surface area contributed by atoms with Crippen LogP contribution in [-0.4, -0.2) is 50.6 Å². The van der Waals surface area contributed by atoms with Crippen LogP contribution >= 0.6 is 23.1 Å². The third kappa shape index (κ3) is 5.51. The minimum absolute atomic E-state index is 0.0131. The van der Waals surface area contributed by atoms with Gasteiger partial charge in [0.25, 0.3) is 0 Å². The van der Waals surface area contributed by atoms with Gasteiger partial charge in [-0.1, -0.05) is 30.4 Å². The second-order valence-electron chi connectivity index (χ2n) is 7.79. The van der Waals surface area contributed by atoms with Crippen LogP contribution in [0, 0.1) is 0 Å². The molecule has 1 fully saturated rings. The fraction of sp³-hybridized carbons (Fsp3) is 0.391. The number of fused-ring (bicyclic) bond motifs is 1. The number of thioether (sulfide) groups is 1. The molecule has 1 atom stereocenters. The maximum absolute atomic E-state index is 13.4. The molecule has 3 aromatic rings. The van der Waals surface area contributed by atoms with E-state index in [-0.39, 0.29) is 23.3 Å². The smallest absolute Gasteiger partial charge is 0.233 e. The van der Waals surface area contributed by atoms with Crippen LogP contribution in [0.2, 0.25) is 0 Å². The minimum Gasteiger partial charge on any atom is -0.376 e. The third-order valence-corrected chi connectivity index (χ3v) is 8.35. The van der Waals surface area contributed by atoms with Gasteiger partial charge in [-0.3, -0.25) is 9.69 Å². The molecule has 0 N–H and O–H groups in total. The van der Waals surface area contributed by atoms with Gasteiger partial charge in [0.05, 0.1) is 34.2 Å². The predicted molar refractivity (Wildman–Crippen MR) is 131 cm³/mol. The number of carbonyl (C=O) groups excluding carboxylic acids is 1. The van der Waals surface area contributed by atoms with Crippen LogP contribution in [-0.2, 0) is 25.8 Å². The molecule has 0 saturated carbocycles. The third-order valence-electron chi connectivity index (χ3n) is 5.31. The highest BCUT2D eigenvalue weighted by atomic mass is 32.2.